The Hall–Kier alpha value is -1.39. The van der Waals surface area contributed by atoms with E-state index in [1.165, 1.54) is 0 Å². The van der Waals surface area contributed by atoms with Crippen LogP contribution in [0.4, 0.5) is 0 Å². The van der Waals surface area contributed by atoms with Gasteiger partial charge in [-0.1, -0.05) is 27.5 Å². The van der Waals surface area contributed by atoms with Crippen molar-refractivity contribution in [2.75, 3.05) is 7.05 Å². The Bertz CT molecular complexity index is 619. The SMILES string of the molecule is CC(c1ccncc1)N(C)C(=O)c1cc(Br)ccc1Cl. The average molecular weight is 354 g/mol. The third-order valence-corrected chi connectivity index (χ3v) is 4.07. The van der Waals surface area contributed by atoms with Crippen LogP contribution < -0.4 is 0 Å². The van der Waals surface area contributed by atoms with Gasteiger partial charge in [0.1, 0.15) is 0 Å². The van der Waals surface area contributed by atoms with Gasteiger partial charge in [-0.05, 0) is 42.8 Å². The smallest absolute Gasteiger partial charge is 0.255 e. The van der Waals surface area contributed by atoms with Crippen molar-refractivity contribution >= 4 is 33.4 Å². The fourth-order valence-corrected chi connectivity index (χ4v) is 2.45. The van der Waals surface area contributed by atoms with Crippen molar-refractivity contribution in [1.82, 2.24) is 9.88 Å². The van der Waals surface area contributed by atoms with Crippen molar-refractivity contribution in [3.63, 3.8) is 0 Å². The predicted molar refractivity (Wildman–Crippen MR) is 83.9 cm³/mol. The van der Waals surface area contributed by atoms with Gasteiger partial charge in [0.2, 0.25) is 0 Å². The van der Waals surface area contributed by atoms with Crippen molar-refractivity contribution in [3.05, 3.63) is 63.3 Å². The second kappa shape index (κ2) is 6.37. The molecule has 1 aromatic carbocycles. The molecule has 0 aliphatic carbocycles. The second-order valence-electron chi connectivity index (χ2n) is 4.50. The van der Waals surface area contributed by atoms with Crippen LogP contribution in [-0.2, 0) is 0 Å². The van der Waals surface area contributed by atoms with Gasteiger partial charge < -0.3 is 4.90 Å². The highest BCUT2D eigenvalue weighted by atomic mass is 79.9. The third-order valence-electron chi connectivity index (χ3n) is 3.25. The van der Waals surface area contributed by atoms with Crippen LogP contribution in [0.3, 0.4) is 0 Å². The van der Waals surface area contributed by atoms with E-state index in [0.29, 0.717) is 10.6 Å². The Morgan fingerprint density at radius 3 is 2.60 bits per heavy atom. The molecule has 0 saturated heterocycles. The molecule has 1 atom stereocenters. The van der Waals surface area contributed by atoms with E-state index in [4.69, 9.17) is 11.6 Å². The summed E-state index contributed by atoms with van der Waals surface area (Å²) >= 11 is 9.47. The number of hydrogen-bond acceptors (Lipinski definition) is 2. The molecule has 0 radical (unpaired) electrons. The minimum Gasteiger partial charge on any atom is -0.335 e. The van der Waals surface area contributed by atoms with Gasteiger partial charge in [0.25, 0.3) is 5.91 Å². The maximum absolute atomic E-state index is 12.5. The highest BCUT2D eigenvalue weighted by molar-refractivity contribution is 9.10. The van der Waals surface area contributed by atoms with Crippen LogP contribution in [0.2, 0.25) is 5.02 Å². The summed E-state index contributed by atoms with van der Waals surface area (Å²) in [6, 6.07) is 9.00. The molecule has 104 valence electrons. The molecule has 1 unspecified atom stereocenters. The van der Waals surface area contributed by atoms with E-state index in [0.717, 1.165) is 10.0 Å². The number of pyridine rings is 1. The largest absolute Gasteiger partial charge is 0.335 e. The van der Waals surface area contributed by atoms with Crippen molar-refractivity contribution in [3.8, 4) is 0 Å². The highest BCUT2D eigenvalue weighted by Gasteiger charge is 2.21. The van der Waals surface area contributed by atoms with Gasteiger partial charge in [0.05, 0.1) is 16.6 Å². The summed E-state index contributed by atoms with van der Waals surface area (Å²) in [6.45, 7) is 1.97. The first kappa shape index (κ1) is 15.0. The molecular formula is C15H14BrClN2O. The fraction of sp³-hybridized carbons (Fsp3) is 0.200. The molecule has 0 bridgehead atoms. The van der Waals surface area contributed by atoms with E-state index in [2.05, 4.69) is 20.9 Å². The molecule has 0 N–H and O–H groups in total. The zero-order valence-electron chi connectivity index (χ0n) is 11.2. The Morgan fingerprint density at radius 2 is 1.95 bits per heavy atom. The molecular weight excluding hydrogens is 340 g/mol. The van der Waals surface area contributed by atoms with Crippen molar-refractivity contribution in [2.24, 2.45) is 0 Å². The minimum atomic E-state index is -0.111. The topological polar surface area (TPSA) is 33.2 Å². The number of aromatic nitrogens is 1. The second-order valence-corrected chi connectivity index (χ2v) is 5.82. The number of hydrogen-bond donors (Lipinski definition) is 0. The van der Waals surface area contributed by atoms with Gasteiger partial charge in [-0.15, -0.1) is 0 Å². The molecule has 2 aromatic rings. The molecule has 1 aromatic heterocycles. The zero-order chi connectivity index (χ0) is 14.7. The van der Waals surface area contributed by atoms with Gasteiger partial charge in [-0.25, -0.2) is 0 Å². The van der Waals surface area contributed by atoms with E-state index < -0.39 is 0 Å². The summed E-state index contributed by atoms with van der Waals surface area (Å²) in [6.07, 6.45) is 3.44. The van der Waals surface area contributed by atoms with Gasteiger partial charge in [0, 0.05) is 23.9 Å². The third kappa shape index (κ3) is 3.19. The molecule has 0 aliphatic heterocycles. The quantitative estimate of drug-likeness (QED) is 0.823. The molecule has 0 fully saturated rings. The van der Waals surface area contributed by atoms with Crippen LogP contribution in [0.1, 0.15) is 28.9 Å². The first-order valence-electron chi connectivity index (χ1n) is 6.13. The molecule has 2 rings (SSSR count). The first-order chi connectivity index (χ1) is 9.50. The number of rotatable bonds is 3. The van der Waals surface area contributed by atoms with Gasteiger partial charge in [-0.2, -0.15) is 0 Å². The van der Waals surface area contributed by atoms with Crippen LogP contribution in [-0.4, -0.2) is 22.8 Å². The number of nitrogens with zero attached hydrogens (tertiary/aromatic N) is 2. The molecule has 20 heavy (non-hydrogen) atoms. The van der Waals surface area contributed by atoms with E-state index in [1.54, 1.807) is 36.5 Å². The Morgan fingerprint density at radius 1 is 1.30 bits per heavy atom. The standard InChI is InChI=1S/C15H14BrClN2O/c1-10(11-5-7-18-8-6-11)19(2)15(20)13-9-12(16)3-4-14(13)17/h3-10H,1-2H3. The lowest BCUT2D eigenvalue weighted by Crippen LogP contribution is -2.29. The van der Waals surface area contributed by atoms with Crippen LogP contribution in [0.25, 0.3) is 0 Å². The van der Waals surface area contributed by atoms with Crippen LogP contribution in [0.15, 0.2) is 47.2 Å². The van der Waals surface area contributed by atoms with Crippen molar-refractivity contribution < 1.29 is 4.79 Å². The van der Waals surface area contributed by atoms with E-state index in [-0.39, 0.29) is 11.9 Å². The molecule has 0 spiro atoms. The molecule has 0 saturated carbocycles. The predicted octanol–water partition coefficient (Wildman–Crippen LogP) is 4.33. The van der Waals surface area contributed by atoms with Gasteiger partial charge in [0.15, 0.2) is 0 Å². The molecule has 1 amide bonds. The first-order valence-corrected chi connectivity index (χ1v) is 7.30. The number of carbonyl (C=O) groups excluding carboxylic acids is 1. The lowest BCUT2D eigenvalue weighted by atomic mass is 10.1. The van der Waals surface area contributed by atoms with E-state index >= 15 is 0 Å². The number of benzene rings is 1. The normalized spacial score (nSPS) is 12.0. The molecule has 0 aliphatic rings. The van der Waals surface area contributed by atoms with Gasteiger partial charge >= 0.3 is 0 Å². The van der Waals surface area contributed by atoms with Crippen molar-refractivity contribution in [2.45, 2.75) is 13.0 Å². The molecule has 3 nitrogen and oxygen atoms in total. The average Bonchev–Trinajstić information content (AvgIpc) is 2.48. The number of carbonyl (C=O) groups is 1. The summed E-state index contributed by atoms with van der Waals surface area (Å²) < 4.78 is 0.829. The summed E-state index contributed by atoms with van der Waals surface area (Å²) in [5.41, 5.74) is 1.52. The van der Waals surface area contributed by atoms with E-state index in [1.807, 2.05) is 25.1 Å². The lowest BCUT2D eigenvalue weighted by molar-refractivity contribution is 0.0742. The summed E-state index contributed by atoms with van der Waals surface area (Å²) in [5, 5.41) is 0.451. The van der Waals surface area contributed by atoms with Crippen LogP contribution in [0, 0.1) is 0 Å². The highest BCUT2D eigenvalue weighted by Crippen LogP contribution is 2.25. The monoisotopic (exact) mass is 352 g/mol. The van der Waals surface area contributed by atoms with Crippen molar-refractivity contribution in [1.29, 1.82) is 0 Å². The van der Waals surface area contributed by atoms with Crippen LogP contribution >= 0.6 is 27.5 Å². The van der Waals surface area contributed by atoms with Crippen LogP contribution in [0.5, 0.6) is 0 Å². The summed E-state index contributed by atoms with van der Waals surface area (Å²) in [7, 11) is 1.77. The maximum Gasteiger partial charge on any atom is 0.255 e. The summed E-state index contributed by atoms with van der Waals surface area (Å²) in [4.78, 5) is 18.2. The summed E-state index contributed by atoms with van der Waals surface area (Å²) in [5.74, 6) is -0.111. The zero-order valence-corrected chi connectivity index (χ0v) is 13.5. The lowest BCUT2D eigenvalue weighted by Gasteiger charge is -2.25. The Balaban J connectivity index is 2.27. The molecule has 1 heterocycles. The minimum absolute atomic E-state index is 0.0550. The number of amides is 1. The van der Waals surface area contributed by atoms with E-state index in [9.17, 15) is 4.79 Å². The van der Waals surface area contributed by atoms with Gasteiger partial charge in [-0.3, -0.25) is 9.78 Å². The fourth-order valence-electron chi connectivity index (χ4n) is 1.89. The maximum atomic E-state index is 12.5. The molecule has 5 heteroatoms. The number of halogens is 2. The Labute approximate surface area is 131 Å². The Kier molecular flexibility index (Phi) is 4.78.